The highest BCUT2D eigenvalue weighted by Gasteiger charge is 2.21. The number of allylic oxidation sites excluding steroid dienone is 4. The molecule has 0 spiro atoms. The molecular weight excluding hydrogens is 613 g/mol. The molecular formula is C45H30N4O. The number of hydrogen-bond donors (Lipinski definition) is 0. The maximum Gasteiger partial charge on any atom is 0.167 e. The van der Waals surface area contributed by atoms with Crippen molar-refractivity contribution in [2.75, 3.05) is 0 Å². The van der Waals surface area contributed by atoms with Gasteiger partial charge in [-0.2, -0.15) is 0 Å². The van der Waals surface area contributed by atoms with Gasteiger partial charge in [0.05, 0.1) is 16.6 Å². The Bertz CT molecular complexity index is 2790. The van der Waals surface area contributed by atoms with Crippen molar-refractivity contribution < 1.29 is 4.42 Å². The lowest BCUT2D eigenvalue weighted by Crippen LogP contribution is -2.07. The molecule has 5 nitrogen and oxygen atoms in total. The predicted molar refractivity (Wildman–Crippen MR) is 203 cm³/mol. The Hall–Kier alpha value is -6.59. The van der Waals surface area contributed by atoms with Gasteiger partial charge in [0.25, 0.3) is 0 Å². The van der Waals surface area contributed by atoms with Crippen LogP contribution < -0.4 is 0 Å². The molecule has 1 aliphatic carbocycles. The first-order chi connectivity index (χ1) is 24.8. The van der Waals surface area contributed by atoms with Crippen LogP contribution in [0.15, 0.2) is 168 Å². The lowest BCUT2D eigenvalue weighted by Gasteiger charge is -2.14. The van der Waals surface area contributed by atoms with Gasteiger partial charge < -0.3 is 8.98 Å². The zero-order valence-corrected chi connectivity index (χ0v) is 27.1. The molecule has 3 aromatic heterocycles. The van der Waals surface area contributed by atoms with E-state index in [1.807, 2.05) is 30.3 Å². The van der Waals surface area contributed by atoms with Crippen molar-refractivity contribution in [3.8, 4) is 39.6 Å². The van der Waals surface area contributed by atoms with Gasteiger partial charge in [0.15, 0.2) is 11.6 Å². The van der Waals surface area contributed by atoms with Gasteiger partial charge >= 0.3 is 0 Å². The molecule has 0 amide bonds. The third-order valence-electron chi connectivity index (χ3n) is 9.76. The molecule has 0 saturated heterocycles. The molecule has 0 N–H and O–H groups in total. The molecule has 1 atom stereocenters. The number of rotatable bonds is 5. The summed E-state index contributed by atoms with van der Waals surface area (Å²) in [5, 5.41) is 4.51. The van der Waals surface area contributed by atoms with Crippen LogP contribution in [0.3, 0.4) is 0 Å². The van der Waals surface area contributed by atoms with E-state index in [4.69, 9.17) is 19.4 Å². The molecule has 0 saturated carbocycles. The monoisotopic (exact) mass is 642 g/mol. The van der Waals surface area contributed by atoms with E-state index in [1.165, 1.54) is 21.8 Å². The Morgan fingerprint density at radius 2 is 1.20 bits per heavy atom. The van der Waals surface area contributed by atoms with Crippen LogP contribution >= 0.6 is 0 Å². The second-order valence-electron chi connectivity index (χ2n) is 12.7. The predicted octanol–water partition coefficient (Wildman–Crippen LogP) is 11.5. The molecule has 3 heterocycles. The van der Waals surface area contributed by atoms with Crippen molar-refractivity contribution in [1.82, 2.24) is 19.5 Å². The van der Waals surface area contributed by atoms with Crippen LogP contribution in [0.5, 0.6) is 0 Å². The Morgan fingerprint density at radius 1 is 0.520 bits per heavy atom. The second kappa shape index (κ2) is 11.5. The fourth-order valence-electron chi connectivity index (χ4n) is 7.39. The van der Waals surface area contributed by atoms with Crippen molar-refractivity contribution in [2.24, 2.45) is 0 Å². The van der Waals surface area contributed by atoms with Crippen molar-refractivity contribution in [1.29, 1.82) is 0 Å². The summed E-state index contributed by atoms with van der Waals surface area (Å²) in [5.41, 5.74) is 9.07. The molecule has 0 aliphatic heterocycles. The molecule has 0 radical (unpaired) electrons. The number of aromatic nitrogens is 4. The van der Waals surface area contributed by atoms with Crippen LogP contribution in [0.4, 0.5) is 0 Å². The van der Waals surface area contributed by atoms with E-state index in [-0.39, 0.29) is 5.92 Å². The van der Waals surface area contributed by atoms with Crippen molar-refractivity contribution in [2.45, 2.75) is 12.3 Å². The van der Waals surface area contributed by atoms with Crippen LogP contribution in [0.1, 0.15) is 18.2 Å². The standard InChI is InChI=1S/C45H30N4O/c1-4-14-29(15-5-1)43-46-44(30-16-6-2-7-17-30)48-45(47-43)37-24-13-23-36-35-22-12-21-33(41(35)50-42(36)37)31-26-27-40-38(28-31)34-20-10-11-25-39(34)49(40)32-18-8-3-9-19-32/h1-16,18-28,30H,17H2. The summed E-state index contributed by atoms with van der Waals surface area (Å²) in [4.78, 5) is 15.1. The van der Waals surface area contributed by atoms with E-state index in [9.17, 15) is 0 Å². The van der Waals surface area contributed by atoms with Crippen molar-refractivity contribution in [3.05, 3.63) is 170 Å². The normalized spacial score (nSPS) is 14.4. The maximum absolute atomic E-state index is 6.90. The molecule has 0 bridgehead atoms. The first kappa shape index (κ1) is 28.4. The zero-order valence-electron chi connectivity index (χ0n) is 27.1. The maximum atomic E-state index is 6.90. The summed E-state index contributed by atoms with van der Waals surface area (Å²) >= 11 is 0. The molecule has 1 aliphatic rings. The van der Waals surface area contributed by atoms with Gasteiger partial charge in [-0.15, -0.1) is 0 Å². The van der Waals surface area contributed by atoms with Gasteiger partial charge in [-0.3, -0.25) is 0 Å². The number of hydrogen-bond acceptors (Lipinski definition) is 4. The van der Waals surface area contributed by atoms with Gasteiger partial charge in [0, 0.05) is 44.3 Å². The number of nitrogens with zero attached hydrogens (tertiary/aromatic N) is 4. The van der Waals surface area contributed by atoms with E-state index in [1.54, 1.807) is 0 Å². The topological polar surface area (TPSA) is 56.7 Å². The largest absolute Gasteiger partial charge is 0.455 e. The van der Waals surface area contributed by atoms with E-state index in [0.29, 0.717) is 11.6 Å². The lowest BCUT2D eigenvalue weighted by molar-refractivity contribution is 0.670. The van der Waals surface area contributed by atoms with Crippen molar-refractivity contribution >= 4 is 43.7 Å². The molecule has 6 aromatic carbocycles. The molecule has 10 rings (SSSR count). The van der Waals surface area contributed by atoms with Gasteiger partial charge in [0.1, 0.15) is 17.0 Å². The van der Waals surface area contributed by atoms with Crippen LogP contribution in [0, 0.1) is 0 Å². The summed E-state index contributed by atoms with van der Waals surface area (Å²) in [6.07, 6.45) is 9.31. The van der Waals surface area contributed by atoms with Crippen LogP contribution in [0.2, 0.25) is 0 Å². The Morgan fingerprint density at radius 3 is 2.00 bits per heavy atom. The molecule has 236 valence electrons. The third kappa shape index (κ3) is 4.59. The molecule has 50 heavy (non-hydrogen) atoms. The minimum absolute atomic E-state index is 0.0773. The summed E-state index contributed by atoms with van der Waals surface area (Å²) in [5.74, 6) is 2.10. The van der Waals surface area contributed by atoms with Crippen LogP contribution in [0.25, 0.3) is 83.3 Å². The third-order valence-corrected chi connectivity index (χ3v) is 9.76. The lowest BCUT2D eigenvalue weighted by atomic mass is 9.99. The van der Waals surface area contributed by atoms with Crippen LogP contribution in [-0.2, 0) is 0 Å². The molecule has 9 aromatic rings. The fourth-order valence-corrected chi connectivity index (χ4v) is 7.39. The summed E-state index contributed by atoms with van der Waals surface area (Å²) in [6, 6.07) is 48.7. The average molecular weight is 643 g/mol. The highest BCUT2D eigenvalue weighted by molar-refractivity contribution is 6.14. The molecule has 0 fully saturated rings. The van der Waals surface area contributed by atoms with Crippen molar-refractivity contribution in [3.63, 3.8) is 0 Å². The molecule has 5 heteroatoms. The Labute approximate surface area is 288 Å². The Kier molecular flexibility index (Phi) is 6.56. The summed E-state index contributed by atoms with van der Waals surface area (Å²) < 4.78 is 9.24. The SMILES string of the molecule is C1=CCC(c2nc(-c3ccccc3)nc(-c3cccc4c3oc3c(-c5ccc6c(c5)c5ccccc5n6-c5ccccc5)cccc34)n2)C=C1. The van der Waals surface area contributed by atoms with E-state index in [0.717, 1.165) is 62.1 Å². The average Bonchev–Trinajstić information content (AvgIpc) is 3.74. The quantitative estimate of drug-likeness (QED) is 0.187. The minimum atomic E-state index is 0.0773. The second-order valence-corrected chi connectivity index (χ2v) is 12.7. The number of furan rings is 1. The summed E-state index contributed by atoms with van der Waals surface area (Å²) in [7, 11) is 0. The van der Waals surface area contributed by atoms with Gasteiger partial charge in [-0.05, 0) is 48.4 Å². The van der Waals surface area contributed by atoms with E-state index < -0.39 is 0 Å². The highest BCUT2D eigenvalue weighted by atomic mass is 16.3. The highest BCUT2D eigenvalue weighted by Crippen LogP contribution is 2.41. The van der Waals surface area contributed by atoms with E-state index in [2.05, 4.69) is 138 Å². The first-order valence-corrected chi connectivity index (χ1v) is 17.0. The fraction of sp³-hybridized carbons (Fsp3) is 0.0444. The molecule has 1 unspecified atom stereocenters. The number of fused-ring (bicyclic) bond motifs is 6. The summed E-state index contributed by atoms with van der Waals surface area (Å²) in [6.45, 7) is 0. The Balaban J connectivity index is 1.16. The smallest absolute Gasteiger partial charge is 0.167 e. The number of benzene rings is 6. The van der Waals surface area contributed by atoms with Gasteiger partial charge in [-0.1, -0.05) is 127 Å². The van der Waals surface area contributed by atoms with E-state index >= 15 is 0 Å². The van der Waals surface area contributed by atoms with Gasteiger partial charge in [-0.25, -0.2) is 15.0 Å². The zero-order chi connectivity index (χ0) is 33.0. The minimum Gasteiger partial charge on any atom is -0.455 e. The number of para-hydroxylation sites is 4. The first-order valence-electron chi connectivity index (χ1n) is 17.0. The van der Waals surface area contributed by atoms with Crippen LogP contribution in [-0.4, -0.2) is 19.5 Å². The van der Waals surface area contributed by atoms with Gasteiger partial charge in [0.2, 0.25) is 0 Å².